The Morgan fingerprint density at radius 2 is 1.29 bits per heavy atom. The van der Waals surface area contributed by atoms with E-state index in [1.807, 2.05) is 0 Å². The standard InChI is InChI=1S/C17H30P.2ClH.Ti/c1-11(2)18(12(3)4)16(8)17(9)10-13(5)14(6)15(17)7;;;/h11-12,16H,1-9H3;2*1H;/q-1;;;. The van der Waals surface area contributed by atoms with Crippen molar-refractivity contribution in [3.05, 3.63) is 22.8 Å². The van der Waals surface area contributed by atoms with Crippen LogP contribution in [0.2, 0.25) is 0 Å². The molecule has 1 aliphatic carbocycles. The minimum atomic E-state index is 0. The molecule has 0 fully saturated rings. The van der Waals surface area contributed by atoms with Crippen molar-refractivity contribution in [3.8, 4) is 0 Å². The van der Waals surface area contributed by atoms with Crippen LogP contribution in [0.1, 0.15) is 62.3 Å². The minimum Gasteiger partial charge on any atom is -0.262 e. The van der Waals surface area contributed by atoms with Gasteiger partial charge in [0.05, 0.1) is 0 Å². The molecule has 1 aliphatic rings. The second-order valence-electron chi connectivity index (χ2n) is 6.51. The molecule has 4 heteroatoms. The molecule has 0 aromatic carbocycles. The molecule has 0 saturated carbocycles. The van der Waals surface area contributed by atoms with Gasteiger partial charge in [0.25, 0.3) is 0 Å². The third-order valence-corrected chi connectivity index (χ3v) is 8.62. The smallest absolute Gasteiger partial charge is 0 e. The SMILES string of the molecule is CC1=[C-]C(C)(C(C)P(C(C)C)C(C)C)C(C)=C1C.Cl.Cl.[Ti]. The predicted octanol–water partition coefficient (Wildman–Crippen LogP) is 6.62. The van der Waals surface area contributed by atoms with E-state index in [1.54, 1.807) is 5.57 Å². The van der Waals surface area contributed by atoms with E-state index in [4.69, 9.17) is 0 Å². The van der Waals surface area contributed by atoms with Crippen molar-refractivity contribution in [2.24, 2.45) is 5.41 Å². The van der Waals surface area contributed by atoms with Crippen LogP contribution in [0.15, 0.2) is 16.7 Å². The van der Waals surface area contributed by atoms with E-state index in [9.17, 15) is 0 Å². The average molecular weight is 386 g/mol. The first-order chi connectivity index (χ1) is 8.12. The summed E-state index contributed by atoms with van der Waals surface area (Å²) in [6.45, 7) is 21.2. The van der Waals surface area contributed by atoms with Gasteiger partial charge in [-0.25, -0.2) is 5.57 Å². The Morgan fingerprint density at radius 3 is 1.52 bits per heavy atom. The monoisotopic (exact) mass is 385 g/mol. The van der Waals surface area contributed by atoms with E-state index >= 15 is 0 Å². The van der Waals surface area contributed by atoms with Gasteiger partial charge in [0.15, 0.2) is 0 Å². The molecule has 0 aromatic heterocycles. The number of hydrogen-bond acceptors (Lipinski definition) is 0. The summed E-state index contributed by atoms with van der Waals surface area (Å²) in [4.78, 5) is 0. The van der Waals surface area contributed by atoms with Crippen LogP contribution in [0.3, 0.4) is 0 Å². The van der Waals surface area contributed by atoms with E-state index in [-0.39, 0.29) is 59.9 Å². The average Bonchev–Trinajstić information content (AvgIpc) is 2.43. The molecule has 2 atom stereocenters. The maximum atomic E-state index is 3.78. The summed E-state index contributed by atoms with van der Waals surface area (Å²) in [5, 5.41) is 0. The Labute approximate surface area is 161 Å². The Bertz CT molecular complexity index is 380. The van der Waals surface area contributed by atoms with Gasteiger partial charge in [-0.1, -0.05) is 68.7 Å². The van der Waals surface area contributed by atoms with Gasteiger partial charge in [-0.2, -0.15) is 11.1 Å². The van der Waals surface area contributed by atoms with Crippen molar-refractivity contribution in [1.82, 2.24) is 0 Å². The van der Waals surface area contributed by atoms with Crippen molar-refractivity contribution in [2.75, 3.05) is 0 Å². The van der Waals surface area contributed by atoms with Gasteiger partial charge in [0, 0.05) is 21.7 Å². The topological polar surface area (TPSA) is 0 Å². The Kier molecular flexibility index (Phi) is 13.1. The predicted molar refractivity (Wildman–Crippen MR) is 100 cm³/mol. The zero-order chi connectivity index (χ0) is 14.2. The first kappa shape index (κ1) is 27.1. The summed E-state index contributed by atoms with van der Waals surface area (Å²) in [5.74, 6) is 0. The molecule has 0 bridgehead atoms. The van der Waals surface area contributed by atoms with Gasteiger partial charge in [-0.05, 0) is 17.0 Å². The second-order valence-corrected chi connectivity index (χ2v) is 10.2. The molecule has 0 nitrogen and oxygen atoms in total. The normalized spacial score (nSPS) is 22.8. The maximum Gasteiger partial charge on any atom is 0 e. The number of rotatable bonds is 4. The van der Waals surface area contributed by atoms with Gasteiger partial charge < -0.3 is 0 Å². The first-order valence-electron chi connectivity index (χ1n) is 7.20. The van der Waals surface area contributed by atoms with Crippen LogP contribution >= 0.6 is 32.7 Å². The summed E-state index contributed by atoms with van der Waals surface area (Å²) in [6.07, 6.45) is 3.78. The van der Waals surface area contributed by atoms with E-state index < -0.39 is 0 Å². The third kappa shape index (κ3) is 5.36. The zero-order valence-corrected chi connectivity index (χ0v) is 19.1. The van der Waals surface area contributed by atoms with Crippen LogP contribution in [0.25, 0.3) is 0 Å². The van der Waals surface area contributed by atoms with Crippen LogP contribution in [-0.4, -0.2) is 17.0 Å². The third-order valence-electron chi connectivity index (χ3n) is 4.83. The molecule has 0 aliphatic heterocycles. The molecule has 0 radical (unpaired) electrons. The fourth-order valence-corrected chi connectivity index (χ4v) is 7.29. The van der Waals surface area contributed by atoms with Crippen molar-refractivity contribution < 1.29 is 21.7 Å². The molecule has 1 rings (SSSR count). The van der Waals surface area contributed by atoms with Crippen LogP contribution in [0.5, 0.6) is 0 Å². The fraction of sp³-hybridized carbons (Fsp3) is 0.765. The largest absolute Gasteiger partial charge is 0.262 e. The quantitative estimate of drug-likeness (QED) is 0.289. The fourth-order valence-electron chi connectivity index (χ4n) is 3.45. The Morgan fingerprint density at radius 1 is 0.905 bits per heavy atom. The molecule has 2 unspecified atom stereocenters. The Hall–Kier alpha value is 1.20. The van der Waals surface area contributed by atoms with Gasteiger partial charge in [0.1, 0.15) is 0 Å². The van der Waals surface area contributed by atoms with E-state index in [1.165, 1.54) is 11.1 Å². The maximum absolute atomic E-state index is 3.78. The molecular weight excluding hydrogens is 354 g/mol. The molecule has 0 amide bonds. The number of hydrogen-bond donors (Lipinski definition) is 0. The molecule has 124 valence electrons. The van der Waals surface area contributed by atoms with Gasteiger partial charge in [-0.15, -0.1) is 31.7 Å². The molecule has 0 heterocycles. The molecular formula is C17H32Cl2PTi-. The van der Waals surface area contributed by atoms with Crippen molar-refractivity contribution >= 4 is 32.7 Å². The number of allylic oxidation sites excluding steroid dienone is 4. The van der Waals surface area contributed by atoms with Gasteiger partial charge in [0.2, 0.25) is 0 Å². The molecule has 0 saturated heterocycles. The van der Waals surface area contributed by atoms with Crippen LogP contribution < -0.4 is 0 Å². The Balaban J connectivity index is -0.00000108. The summed E-state index contributed by atoms with van der Waals surface area (Å²) >= 11 is 0. The summed E-state index contributed by atoms with van der Waals surface area (Å²) < 4.78 is 0. The van der Waals surface area contributed by atoms with Crippen LogP contribution in [-0.2, 0) is 21.7 Å². The van der Waals surface area contributed by atoms with Gasteiger partial charge in [-0.3, -0.25) is 6.08 Å². The summed E-state index contributed by atoms with van der Waals surface area (Å²) in [6, 6.07) is 0. The van der Waals surface area contributed by atoms with Crippen molar-refractivity contribution in [1.29, 1.82) is 0 Å². The van der Waals surface area contributed by atoms with Crippen LogP contribution in [0, 0.1) is 11.5 Å². The molecule has 0 spiro atoms. The summed E-state index contributed by atoms with van der Waals surface area (Å²) in [5.41, 5.74) is 6.83. The molecule has 0 N–H and O–H groups in total. The zero-order valence-electron chi connectivity index (χ0n) is 15.0. The van der Waals surface area contributed by atoms with Crippen LogP contribution in [0.4, 0.5) is 0 Å². The second kappa shape index (κ2) is 10.1. The molecule has 21 heavy (non-hydrogen) atoms. The van der Waals surface area contributed by atoms with Gasteiger partial charge >= 0.3 is 0 Å². The summed E-state index contributed by atoms with van der Waals surface area (Å²) in [7, 11) is 0.0258. The van der Waals surface area contributed by atoms with Crippen molar-refractivity contribution in [2.45, 2.75) is 79.3 Å². The first-order valence-corrected chi connectivity index (χ1v) is 8.75. The number of halogens is 2. The molecule has 0 aromatic rings. The van der Waals surface area contributed by atoms with E-state index in [2.05, 4.69) is 68.4 Å². The van der Waals surface area contributed by atoms with E-state index in [0.29, 0.717) is 5.66 Å². The minimum absolute atomic E-state index is 0. The van der Waals surface area contributed by atoms with E-state index in [0.717, 1.165) is 11.3 Å². The van der Waals surface area contributed by atoms with Crippen molar-refractivity contribution in [3.63, 3.8) is 0 Å².